The molecule has 3 aliphatic rings. The van der Waals surface area contributed by atoms with Crippen molar-refractivity contribution in [1.29, 1.82) is 5.26 Å². The summed E-state index contributed by atoms with van der Waals surface area (Å²) in [6.45, 7) is 9.33. The van der Waals surface area contributed by atoms with E-state index in [-0.39, 0.29) is 11.8 Å². The smallest absolute Gasteiger partial charge is 0.216 e. The molecule has 6 nitrogen and oxygen atoms in total. The topological polar surface area (TPSA) is 64.3 Å². The molecule has 1 fully saturated rings. The van der Waals surface area contributed by atoms with Crippen LogP contribution in [0.2, 0.25) is 0 Å². The first kappa shape index (κ1) is 37.4. The maximum atomic E-state index is 11.9. The number of para-hydroxylation sites is 2. The quantitative estimate of drug-likeness (QED) is 0.166. The summed E-state index contributed by atoms with van der Waals surface area (Å²) < 4.78 is 18.4. The molecule has 0 amide bonds. The standard InChI is InChI=1S/C62H38N4O2/c1-64-58-55-38-22-20-37(21-23-38)54(55)47(34-63)59(65-48-28-24-39(35-12-4-2-5-13-35)32-45(48)56-50(65)30-26-43-41-16-8-10-18-52(41)67-61(43)56)60(58)66-49-29-25-40(36-14-6-3-7-15-36)33-46(49)57-51(66)31-27-44-42-17-9-11-19-53(42)68-62(44)57/h2-19,24-33,37-38H,20-23H2. The van der Waals surface area contributed by atoms with E-state index in [0.717, 1.165) is 158 Å². The summed E-state index contributed by atoms with van der Waals surface area (Å²) in [6, 6.07) is 62.4. The molecule has 9 aromatic carbocycles. The first-order valence-corrected chi connectivity index (χ1v) is 23.6. The SMILES string of the molecule is [C-]#[N+]c1c2c(c(C#N)c(-n3c4ccc(-c5ccccc5)cc4c4c5oc6ccccc6c5ccc43)c1-n1c3ccc(-c4ccccc4)cc3c3c4oc5ccccc5c4ccc31)C1CCC2CC1. The highest BCUT2D eigenvalue weighted by molar-refractivity contribution is 6.26. The summed E-state index contributed by atoms with van der Waals surface area (Å²) in [7, 11) is 0. The Hall–Kier alpha value is -8.84. The van der Waals surface area contributed by atoms with E-state index in [1.54, 1.807) is 0 Å². The molecule has 0 aliphatic heterocycles. The molecule has 0 spiro atoms. The minimum absolute atomic E-state index is 0.194. The van der Waals surface area contributed by atoms with Crippen LogP contribution < -0.4 is 0 Å². The van der Waals surface area contributed by atoms with Crippen molar-refractivity contribution in [1.82, 2.24) is 9.13 Å². The van der Waals surface area contributed by atoms with Gasteiger partial charge in [-0.25, -0.2) is 4.85 Å². The summed E-state index contributed by atoms with van der Waals surface area (Å²) in [5.74, 6) is 0.389. The summed E-state index contributed by atoms with van der Waals surface area (Å²) >= 11 is 0. The second kappa shape index (κ2) is 13.8. The van der Waals surface area contributed by atoms with Crippen molar-refractivity contribution in [3.63, 3.8) is 0 Å². The van der Waals surface area contributed by atoms with Crippen LogP contribution in [0.25, 0.3) is 126 Å². The molecule has 4 aromatic heterocycles. The van der Waals surface area contributed by atoms with Gasteiger partial charge >= 0.3 is 0 Å². The zero-order valence-electron chi connectivity index (χ0n) is 36.8. The van der Waals surface area contributed by atoms with Gasteiger partial charge in [-0.1, -0.05) is 109 Å². The fourth-order valence-electron chi connectivity index (χ4n) is 12.6. The third-order valence-corrected chi connectivity index (χ3v) is 15.5. The number of fused-ring (bicyclic) bond motifs is 16. The maximum absolute atomic E-state index is 11.9. The number of aromatic nitrogens is 2. The average Bonchev–Trinajstić information content (AvgIpc) is 4.16. The van der Waals surface area contributed by atoms with E-state index in [4.69, 9.17) is 8.83 Å². The van der Waals surface area contributed by atoms with E-state index in [1.165, 1.54) is 0 Å². The van der Waals surface area contributed by atoms with E-state index < -0.39 is 0 Å². The van der Waals surface area contributed by atoms with Crippen LogP contribution in [0.5, 0.6) is 0 Å². The van der Waals surface area contributed by atoms with Crippen LogP contribution >= 0.6 is 0 Å². The molecule has 0 N–H and O–H groups in total. The van der Waals surface area contributed by atoms with Gasteiger partial charge in [-0.05, 0) is 132 Å². The van der Waals surface area contributed by atoms with Crippen molar-refractivity contribution in [2.75, 3.05) is 0 Å². The minimum atomic E-state index is 0.194. The molecule has 0 radical (unpaired) electrons. The van der Waals surface area contributed by atoms with Crippen molar-refractivity contribution < 1.29 is 8.83 Å². The highest BCUT2D eigenvalue weighted by Gasteiger charge is 2.41. The van der Waals surface area contributed by atoms with Gasteiger partial charge in [-0.15, -0.1) is 0 Å². The van der Waals surface area contributed by atoms with Crippen LogP contribution in [0.3, 0.4) is 0 Å². The van der Waals surface area contributed by atoms with Crippen LogP contribution in [-0.4, -0.2) is 9.13 Å². The Labute approximate surface area is 389 Å². The fraction of sp³-hybridized carbons (Fsp3) is 0.0968. The van der Waals surface area contributed by atoms with E-state index in [9.17, 15) is 11.8 Å². The molecule has 318 valence electrons. The Balaban J connectivity index is 1.16. The highest BCUT2D eigenvalue weighted by atomic mass is 16.3. The molecule has 0 unspecified atom stereocenters. The van der Waals surface area contributed by atoms with Crippen molar-refractivity contribution in [3.8, 4) is 39.7 Å². The van der Waals surface area contributed by atoms with Crippen LogP contribution in [0.15, 0.2) is 179 Å². The third kappa shape index (κ3) is 4.93. The molecule has 68 heavy (non-hydrogen) atoms. The Bertz CT molecular complexity index is 4120. The summed E-state index contributed by atoms with van der Waals surface area (Å²) in [5, 5.41) is 20.1. The van der Waals surface area contributed by atoms with Crippen molar-refractivity contribution >= 4 is 93.2 Å². The molecule has 2 bridgehead atoms. The lowest BCUT2D eigenvalue weighted by Gasteiger charge is -2.41. The average molecular weight is 871 g/mol. The normalized spacial score (nSPS) is 15.7. The van der Waals surface area contributed by atoms with Crippen LogP contribution in [0.4, 0.5) is 5.69 Å². The predicted molar refractivity (Wildman–Crippen MR) is 275 cm³/mol. The van der Waals surface area contributed by atoms with Gasteiger partial charge in [0.2, 0.25) is 5.69 Å². The van der Waals surface area contributed by atoms with E-state index in [0.29, 0.717) is 11.3 Å². The second-order valence-corrected chi connectivity index (χ2v) is 18.8. The Morgan fingerprint density at radius 3 is 1.41 bits per heavy atom. The molecule has 0 atom stereocenters. The van der Waals surface area contributed by atoms with Gasteiger partial charge in [0.1, 0.15) is 28.4 Å². The summed E-state index contributed by atoms with van der Waals surface area (Å²) in [4.78, 5) is 4.64. The van der Waals surface area contributed by atoms with Gasteiger partial charge in [0.15, 0.2) is 0 Å². The molecule has 13 aromatic rings. The number of benzene rings is 9. The first-order chi connectivity index (χ1) is 33.7. The van der Waals surface area contributed by atoms with Gasteiger partial charge in [0.05, 0.1) is 56.3 Å². The fourth-order valence-corrected chi connectivity index (χ4v) is 12.6. The van der Waals surface area contributed by atoms with Crippen molar-refractivity contribution in [2.45, 2.75) is 37.5 Å². The molecule has 3 aliphatic carbocycles. The van der Waals surface area contributed by atoms with E-state index in [2.05, 4.69) is 154 Å². The van der Waals surface area contributed by atoms with Crippen molar-refractivity contribution in [2.24, 2.45) is 0 Å². The van der Waals surface area contributed by atoms with Gasteiger partial charge in [-0.2, -0.15) is 5.26 Å². The van der Waals surface area contributed by atoms with Gasteiger partial charge in [-0.3, -0.25) is 0 Å². The Morgan fingerprint density at radius 1 is 0.456 bits per heavy atom. The van der Waals surface area contributed by atoms with Crippen LogP contribution in [-0.2, 0) is 0 Å². The molecule has 16 rings (SSSR count). The zero-order valence-corrected chi connectivity index (χ0v) is 36.8. The summed E-state index contributed by atoms with van der Waals surface area (Å²) in [5.41, 5.74) is 16.2. The molecule has 0 saturated heterocycles. The highest BCUT2D eigenvalue weighted by Crippen LogP contribution is 2.58. The predicted octanol–water partition coefficient (Wildman–Crippen LogP) is 17.2. The zero-order chi connectivity index (χ0) is 44.8. The first-order valence-electron chi connectivity index (χ1n) is 23.6. The number of hydrogen-bond donors (Lipinski definition) is 0. The molecule has 1 saturated carbocycles. The van der Waals surface area contributed by atoms with Crippen molar-refractivity contribution in [3.05, 3.63) is 198 Å². The number of hydrogen-bond acceptors (Lipinski definition) is 3. The maximum Gasteiger partial charge on any atom is 0.216 e. The van der Waals surface area contributed by atoms with Gasteiger partial charge in [0.25, 0.3) is 0 Å². The number of nitriles is 1. The summed E-state index contributed by atoms with van der Waals surface area (Å²) in [6.07, 6.45) is 4.05. The minimum Gasteiger partial charge on any atom is -0.455 e. The number of furan rings is 2. The lowest BCUT2D eigenvalue weighted by Crippen LogP contribution is -2.25. The van der Waals surface area contributed by atoms with Crippen LogP contribution in [0, 0.1) is 17.9 Å². The van der Waals surface area contributed by atoms with Crippen LogP contribution in [0.1, 0.15) is 54.2 Å². The van der Waals surface area contributed by atoms with Gasteiger partial charge in [0, 0.05) is 32.3 Å². The molecular formula is C62H38N4O2. The largest absolute Gasteiger partial charge is 0.455 e. The lowest BCUT2D eigenvalue weighted by molar-refractivity contribution is 0.359. The molecular weight excluding hydrogens is 833 g/mol. The molecule has 4 heterocycles. The van der Waals surface area contributed by atoms with Gasteiger partial charge < -0.3 is 18.0 Å². The van der Waals surface area contributed by atoms with E-state index >= 15 is 0 Å². The second-order valence-electron chi connectivity index (χ2n) is 18.8. The Kier molecular flexibility index (Phi) is 7.61. The monoisotopic (exact) mass is 870 g/mol. The lowest BCUT2D eigenvalue weighted by atomic mass is 9.65. The molecule has 6 heteroatoms. The number of rotatable bonds is 4. The third-order valence-electron chi connectivity index (χ3n) is 15.5. The van der Waals surface area contributed by atoms with E-state index in [1.807, 2.05) is 36.4 Å². The Morgan fingerprint density at radius 2 is 0.912 bits per heavy atom. The number of nitrogens with zero attached hydrogens (tertiary/aromatic N) is 4.